The Bertz CT molecular complexity index is 441. The van der Waals surface area contributed by atoms with Crippen molar-refractivity contribution in [3.63, 3.8) is 0 Å². The summed E-state index contributed by atoms with van der Waals surface area (Å²) < 4.78 is 2.00. The van der Waals surface area contributed by atoms with Crippen LogP contribution < -0.4 is 0 Å². The Morgan fingerprint density at radius 3 is 2.87 bits per heavy atom. The number of aromatic nitrogens is 3. The zero-order valence-electron chi connectivity index (χ0n) is 7.98. The number of thioether (sulfide) groups is 1. The van der Waals surface area contributed by atoms with E-state index in [-0.39, 0.29) is 0 Å². The Morgan fingerprint density at radius 2 is 2.27 bits per heavy atom. The molecule has 0 radical (unpaired) electrons. The van der Waals surface area contributed by atoms with Gasteiger partial charge in [-0.25, -0.2) is 0 Å². The van der Waals surface area contributed by atoms with Crippen LogP contribution in [0.25, 0.3) is 0 Å². The summed E-state index contributed by atoms with van der Waals surface area (Å²) in [5, 5.41) is 9.01. The molecule has 0 saturated carbocycles. The molecule has 0 saturated heterocycles. The molecular formula is C9H8BrN3S2. The zero-order chi connectivity index (χ0) is 10.7. The van der Waals surface area contributed by atoms with Gasteiger partial charge < -0.3 is 0 Å². The molecule has 0 fully saturated rings. The van der Waals surface area contributed by atoms with Crippen molar-refractivity contribution in [1.82, 2.24) is 15.2 Å². The number of hydrogen-bond acceptors (Lipinski definition) is 5. The molecule has 2 aromatic heterocycles. The molecule has 0 unspecified atom stereocenters. The summed E-state index contributed by atoms with van der Waals surface area (Å²) >= 11 is 6.64. The minimum atomic E-state index is 0.835. The third-order valence-corrected chi connectivity index (χ3v) is 4.11. The normalized spacial score (nSPS) is 10.5. The molecule has 0 N–H and O–H groups in total. The van der Waals surface area contributed by atoms with Gasteiger partial charge in [0.15, 0.2) is 4.34 Å². The Morgan fingerprint density at radius 1 is 1.40 bits per heavy atom. The van der Waals surface area contributed by atoms with Gasteiger partial charge in [-0.3, -0.25) is 4.98 Å². The molecule has 0 aliphatic rings. The number of halogens is 1. The fourth-order valence-electron chi connectivity index (χ4n) is 0.964. The van der Waals surface area contributed by atoms with Crippen molar-refractivity contribution in [2.24, 2.45) is 0 Å². The van der Waals surface area contributed by atoms with E-state index in [1.54, 1.807) is 29.3 Å². The first-order valence-corrected chi connectivity index (χ1v) is 6.87. The Labute approximate surface area is 104 Å². The van der Waals surface area contributed by atoms with Crippen LogP contribution in [-0.4, -0.2) is 15.2 Å². The topological polar surface area (TPSA) is 38.7 Å². The molecule has 0 bridgehead atoms. The van der Waals surface area contributed by atoms with Crippen LogP contribution >= 0.6 is 39.0 Å². The second kappa shape index (κ2) is 5.05. The SMILES string of the molecule is Cc1nnc(SCc2ccc(Br)cn2)s1. The fraction of sp³-hybridized carbons (Fsp3) is 0.222. The molecule has 0 aliphatic heterocycles. The Kier molecular flexibility index (Phi) is 3.71. The monoisotopic (exact) mass is 301 g/mol. The molecule has 3 nitrogen and oxygen atoms in total. The summed E-state index contributed by atoms with van der Waals surface area (Å²) in [7, 11) is 0. The fourth-order valence-corrected chi connectivity index (χ4v) is 2.93. The highest BCUT2D eigenvalue weighted by molar-refractivity contribution is 9.10. The number of aryl methyl sites for hydroxylation is 1. The lowest BCUT2D eigenvalue weighted by molar-refractivity contribution is 0.983. The van der Waals surface area contributed by atoms with E-state index in [1.165, 1.54) is 0 Å². The highest BCUT2D eigenvalue weighted by atomic mass is 79.9. The van der Waals surface area contributed by atoms with E-state index >= 15 is 0 Å². The average Bonchev–Trinajstić information content (AvgIpc) is 2.64. The van der Waals surface area contributed by atoms with Crippen molar-refractivity contribution >= 4 is 39.0 Å². The van der Waals surface area contributed by atoms with Gasteiger partial charge >= 0.3 is 0 Å². The van der Waals surface area contributed by atoms with E-state index in [1.807, 2.05) is 19.1 Å². The summed E-state index contributed by atoms with van der Waals surface area (Å²) in [6, 6.07) is 4.00. The van der Waals surface area contributed by atoms with E-state index in [0.717, 1.165) is 25.3 Å². The molecule has 15 heavy (non-hydrogen) atoms. The Balaban J connectivity index is 1.96. The minimum Gasteiger partial charge on any atom is -0.259 e. The smallest absolute Gasteiger partial charge is 0.174 e. The zero-order valence-corrected chi connectivity index (χ0v) is 11.2. The van der Waals surface area contributed by atoms with Crippen molar-refractivity contribution < 1.29 is 0 Å². The molecule has 0 spiro atoms. The van der Waals surface area contributed by atoms with Crippen LogP contribution in [-0.2, 0) is 5.75 Å². The second-order valence-electron chi connectivity index (χ2n) is 2.84. The van der Waals surface area contributed by atoms with Crippen LogP contribution in [0.3, 0.4) is 0 Å². The maximum atomic E-state index is 4.29. The molecule has 2 rings (SSSR count). The van der Waals surface area contributed by atoms with E-state index in [9.17, 15) is 0 Å². The minimum absolute atomic E-state index is 0.835. The highest BCUT2D eigenvalue weighted by Gasteiger charge is 2.02. The first-order valence-electron chi connectivity index (χ1n) is 4.27. The predicted octanol–water partition coefficient (Wildman–Crippen LogP) is 3.30. The van der Waals surface area contributed by atoms with Crippen LogP contribution in [0, 0.1) is 6.92 Å². The predicted molar refractivity (Wildman–Crippen MR) is 66.1 cm³/mol. The maximum Gasteiger partial charge on any atom is 0.174 e. The summed E-state index contributed by atoms with van der Waals surface area (Å²) in [4.78, 5) is 4.29. The van der Waals surface area contributed by atoms with E-state index in [2.05, 4.69) is 31.1 Å². The average molecular weight is 302 g/mol. The van der Waals surface area contributed by atoms with Gasteiger partial charge in [-0.15, -0.1) is 10.2 Å². The summed E-state index contributed by atoms with van der Waals surface area (Å²) in [6.07, 6.45) is 1.81. The number of nitrogens with zero attached hydrogens (tertiary/aromatic N) is 3. The lowest BCUT2D eigenvalue weighted by Crippen LogP contribution is -1.85. The molecular weight excluding hydrogens is 294 g/mol. The van der Waals surface area contributed by atoms with Crippen LogP contribution in [0.4, 0.5) is 0 Å². The van der Waals surface area contributed by atoms with Crippen molar-refractivity contribution in [2.45, 2.75) is 17.0 Å². The molecule has 6 heteroatoms. The van der Waals surface area contributed by atoms with Crippen molar-refractivity contribution in [3.8, 4) is 0 Å². The van der Waals surface area contributed by atoms with Gasteiger partial charge in [0.2, 0.25) is 0 Å². The summed E-state index contributed by atoms with van der Waals surface area (Å²) in [5.41, 5.74) is 1.05. The molecule has 2 heterocycles. The van der Waals surface area contributed by atoms with Gasteiger partial charge in [0.25, 0.3) is 0 Å². The van der Waals surface area contributed by atoms with Gasteiger partial charge in [0.05, 0.1) is 5.69 Å². The summed E-state index contributed by atoms with van der Waals surface area (Å²) in [5.74, 6) is 0.835. The standard InChI is InChI=1S/C9H8BrN3S2/c1-6-12-13-9(15-6)14-5-8-3-2-7(10)4-11-8/h2-4H,5H2,1H3. The third kappa shape index (κ3) is 3.25. The number of pyridine rings is 1. The molecule has 2 aromatic rings. The molecule has 0 amide bonds. The quantitative estimate of drug-likeness (QED) is 0.816. The van der Waals surface area contributed by atoms with Gasteiger partial charge in [-0.05, 0) is 35.0 Å². The largest absolute Gasteiger partial charge is 0.259 e. The number of rotatable bonds is 3. The first kappa shape index (κ1) is 11.0. The van der Waals surface area contributed by atoms with Crippen LogP contribution in [0.1, 0.15) is 10.7 Å². The van der Waals surface area contributed by atoms with Crippen molar-refractivity contribution in [3.05, 3.63) is 33.5 Å². The van der Waals surface area contributed by atoms with Crippen LogP contribution in [0.5, 0.6) is 0 Å². The van der Waals surface area contributed by atoms with Crippen molar-refractivity contribution in [1.29, 1.82) is 0 Å². The third-order valence-electron chi connectivity index (χ3n) is 1.64. The lowest BCUT2D eigenvalue weighted by atomic mass is 10.4. The van der Waals surface area contributed by atoms with E-state index in [4.69, 9.17) is 0 Å². The van der Waals surface area contributed by atoms with Crippen molar-refractivity contribution in [2.75, 3.05) is 0 Å². The van der Waals surface area contributed by atoms with Gasteiger partial charge in [-0.2, -0.15) is 0 Å². The van der Waals surface area contributed by atoms with Crippen LogP contribution in [0.15, 0.2) is 27.1 Å². The van der Waals surface area contributed by atoms with E-state index in [0.29, 0.717) is 0 Å². The first-order chi connectivity index (χ1) is 7.24. The summed E-state index contributed by atoms with van der Waals surface area (Å²) in [6.45, 7) is 1.96. The van der Waals surface area contributed by atoms with Gasteiger partial charge in [0, 0.05) is 16.4 Å². The van der Waals surface area contributed by atoms with E-state index < -0.39 is 0 Å². The van der Waals surface area contributed by atoms with Crippen LogP contribution in [0.2, 0.25) is 0 Å². The number of hydrogen-bond donors (Lipinski definition) is 0. The van der Waals surface area contributed by atoms with Gasteiger partial charge in [-0.1, -0.05) is 23.1 Å². The molecule has 0 aromatic carbocycles. The Hall–Kier alpha value is -0.460. The molecule has 78 valence electrons. The highest BCUT2D eigenvalue weighted by Crippen LogP contribution is 2.25. The molecule has 0 atom stereocenters. The molecule has 0 aliphatic carbocycles. The van der Waals surface area contributed by atoms with Gasteiger partial charge in [0.1, 0.15) is 5.01 Å². The maximum absolute atomic E-state index is 4.29. The second-order valence-corrected chi connectivity index (χ2v) is 6.16. The lowest BCUT2D eigenvalue weighted by Gasteiger charge is -1.97.